The second-order valence-electron chi connectivity index (χ2n) is 9.73. The van der Waals surface area contributed by atoms with Gasteiger partial charge in [0.1, 0.15) is 43.1 Å². The summed E-state index contributed by atoms with van der Waals surface area (Å²) in [4.78, 5) is 32.3. The third-order valence-electron chi connectivity index (χ3n) is 6.52. The van der Waals surface area contributed by atoms with E-state index < -0.39 is 103 Å². The summed E-state index contributed by atoms with van der Waals surface area (Å²) < 4.78 is 99.1. The summed E-state index contributed by atoms with van der Waals surface area (Å²) in [6.45, 7) is 0. The molecule has 0 aliphatic heterocycles. The van der Waals surface area contributed by atoms with E-state index in [1.54, 1.807) is 0 Å². The van der Waals surface area contributed by atoms with Crippen LogP contribution in [0.2, 0.25) is 10.0 Å². The first kappa shape index (κ1) is 43.3. The first-order chi connectivity index (χ1) is 20.9. The van der Waals surface area contributed by atoms with Gasteiger partial charge in [-0.1, -0.05) is 23.2 Å². The van der Waals surface area contributed by atoms with Gasteiger partial charge in [0.2, 0.25) is 4.87 Å². The number of nitrogens with zero attached hydrogens (tertiary/aromatic N) is 4. The molecular formula is C22H18Cl2N4Na2O14P2S2. The number of aliphatic hydroxyl groups excluding tert-OH is 2. The van der Waals surface area contributed by atoms with E-state index in [4.69, 9.17) is 23.2 Å². The summed E-state index contributed by atoms with van der Waals surface area (Å²) in [5, 5.41) is 33.4. The van der Waals surface area contributed by atoms with E-state index in [1.807, 2.05) is 0 Å². The van der Waals surface area contributed by atoms with Crippen LogP contribution in [0.1, 0.15) is 12.8 Å². The van der Waals surface area contributed by atoms with E-state index in [2.05, 4.69) is 20.5 Å². The Morgan fingerprint density at radius 3 is 1.60 bits per heavy atom. The predicted molar refractivity (Wildman–Crippen MR) is 158 cm³/mol. The molecule has 0 amide bonds. The van der Waals surface area contributed by atoms with Crippen molar-refractivity contribution in [1.29, 1.82) is 0 Å². The van der Waals surface area contributed by atoms with E-state index in [1.165, 1.54) is 0 Å². The summed E-state index contributed by atoms with van der Waals surface area (Å²) in [5.41, 5.74) is -2.61. The smallest absolute Gasteiger partial charge is 0.746 e. The van der Waals surface area contributed by atoms with Gasteiger partial charge in [0.15, 0.2) is 4.87 Å². The maximum Gasteiger partial charge on any atom is 1.00 e. The average molecular weight is 805 g/mol. The standard InChI is InChI=1S/C22H20Cl2N4O14P2S2.2Na/c23-12-1-3-14(18(5-12)43(31,32)33)25-27-21(45(37,38)39)7-11-8-22(46(40,41)42,10-17(30)20(11)16(29)9-21)28-26-15-4-2-13(24)6-19(15)44(34,35)36;;/h1-7,9,29-30H,8,10H2,(H2,31,32,33)(H2,34,35,36)(H,37,38,39)(H,40,41,42);;/q;2*+1/p-2/b27-25+,28-26+;;. The molecule has 2 aromatic rings. The van der Waals surface area contributed by atoms with E-state index in [0.717, 1.165) is 36.4 Å². The van der Waals surface area contributed by atoms with Gasteiger partial charge >= 0.3 is 74.3 Å². The van der Waals surface area contributed by atoms with E-state index in [-0.39, 0.29) is 69.2 Å². The zero-order chi connectivity index (χ0) is 34.7. The Kier molecular flexibility index (Phi) is 13.6. The normalized spacial score (nSPS) is 22.1. The molecule has 0 aromatic heterocycles. The maximum absolute atomic E-state index is 12.6. The molecule has 0 saturated heterocycles. The fraction of sp³-hybridized carbons (Fsp3) is 0.182. The van der Waals surface area contributed by atoms with E-state index in [9.17, 15) is 64.9 Å². The number of benzene rings is 2. The zero-order valence-corrected chi connectivity index (χ0v) is 33.2. The van der Waals surface area contributed by atoms with Crippen molar-refractivity contribution < 1.29 is 124 Å². The van der Waals surface area contributed by atoms with Gasteiger partial charge < -0.3 is 38.9 Å². The molecule has 6 N–H and O–H groups in total. The van der Waals surface area contributed by atoms with Gasteiger partial charge in [-0.25, -0.2) is 16.8 Å². The molecule has 2 aliphatic carbocycles. The number of aliphatic hydroxyl groups is 2. The molecule has 248 valence electrons. The summed E-state index contributed by atoms with van der Waals surface area (Å²) in [5.74, 6) is -2.19. The van der Waals surface area contributed by atoms with Crippen LogP contribution in [0.15, 0.2) is 91.7 Å². The Morgan fingerprint density at radius 1 is 0.729 bits per heavy atom. The van der Waals surface area contributed by atoms with Crippen molar-refractivity contribution in [2.75, 3.05) is 0 Å². The Labute approximate surface area is 325 Å². The SMILES string of the molecule is O=P(O)(O)c1cc(Cl)ccc1/N=N/C1(S(=O)(=O)[O-])C=C(O)C2=C(O)CC(/N=N/c3ccc(Cl)cc3P(=O)(O)O)(S(=O)(=O)[O-])CC2=C1.[Na+].[Na+]. The first-order valence-electron chi connectivity index (χ1n) is 11.9. The fourth-order valence-corrected chi connectivity index (χ4v) is 7.85. The van der Waals surface area contributed by atoms with Crippen molar-refractivity contribution in [1.82, 2.24) is 0 Å². The third-order valence-corrected chi connectivity index (χ3v) is 11.4. The van der Waals surface area contributed by atoms with Gasteiger partial charge in [0.25, 0.3) is 0 Å². The summed E-state index contributed by atoms with van der Waals surface area (Å²) >= 11 is 11.5. The van der Waals surface area contributed by atoms with Gasteiger partial charge in [-0.2, -0.15) is 20.5 Å². The average Bonchev–Trinajstić information content (AvgIpc) is 2.89. The monoisotopic (exact) mass is 804 g/mol. The van der Waals surface area contributed by atoms with Crippen LogP contribution >= 0.6 is 38.4 Å². The van der Waals surface area contributed by atoms with Crippen LogP contribution in [0.25, 0.3) is 0 Å². The van der Waals surface area contributed by atoms with Gasteiger partial charge in [-0.15, -0.1) is 0 Å². The Morgan fingerprint density at radius 2 is 1.19 bits per heavy atom. The second-order valence-corrected chi connectivity index (χ2v) is 17.0. The molecule has 18 nitrogen and oxygen atoms in total. The first-order valence-corrected chi connectivity index (χ1v) is 18.7. The van der Waals surface area contributed by atoms with Crippen LogP contribution in [0.4, 0.5) is 11.4 Å². The van der Waals surface area contributed by atoms with Crippen LogP contribution in [0.5, 0.6) is 0 Å². The second kappa shape index (κ2) is 15.0. The molecule has 2 atom stereocenters. The molecule has 0 bridgehead atoms. The number of allylic oxidation sites excluding steroid dienone is 1. The van der Waals surface area contributed by atoms with Gasteiger partial charge in [0.05, 0.1) is 16.2 Å². The van der Waals surface area contributed by atoms with Crippen molar-refractivity contribution in [2.24, 2.45) is 20.5 Å². The number of rotatable bonds is 8. The summed E-state index contributed by atoms with van der Waals surface area (Å²) in [7, 11) is -21.7. The fourth-order valence-electron chi connectivity index (χ4n) is 4.43. The number of fused-ring (bicyclic) bond motifs is 1. The van der Waals surface area contributed by atoms with E-state index >= 15 is 0 Å². The predicted octanol–water partition coefficient (Wildman–Crippen LogP) is -3.05. The largest absolute Gasteiger partial charge is 1.00 e. The Balaban J connectivity index is 0.00000400. The summed E-state index contributed by atoms with van der Waals surface area (Å²) in [6.07, 6.45) is -1.63. The number of halogens is 2. The number of hydrogen-bond acceptors (Lipinski definition) is 14. The van der Waals surface area contributed by atoms with Gasteiger partial charge in [-0.3, -0.25) is 9.13 Å². The molecular weight excluding hydrogens is 787 g/mol. The molecule has 2 aromatic carbocycles. The molecule has 0 saturated carbocycles. The van der Waals surface area contributed by atoms with Crippen LogP contribution < -0.4 is 69.7 Å². The van der Waals surface area contributed by atoms with Crippen molar-refractivity contribution in [3.8, 4) is 0 Å². The zero-order valence-electron chi connectivity index (χ0n) is 24.2. The van der Waals surface area contributed by atoms with Crippen molar-refractivity contribution in [2.45, 2.75) is 22.6 Å². The molecule has 0 spiro atoms. The molecule has 0 fully saturated rings. The van der Waals surface area contributed by atoms with Crippen LogP contribution in [-0.4, -0.2) is 65.5 Å². The quantitative estimate of drug-likeness (QED) is 0.0669. The maximum atomic E-state index is 12.6. The number of azo groups is 2. The molecule has 0 heterocycles. The number of hydrogen-bond donors (Lipinski definition) is 6. The van der Waals surface area contributed by atoms with Crippen molar-refractivity contribution in [3.05, 3.63) is 81.3 Å². The molecule has 48 heavy (non-hydrogen) atoms. The summed E-state index contributed by atoms with van der Waals surface area (Å²) in [6, 6.07) is 5.64. The van der Waals surface area contributed by atoms with Gasteiger partial charge in [0, 0.05) is 29.0 Å². The van der Waals surface area contributed by atoms with Gasteiger partial charge in [-0.05, 0) is 48.0 Å². The Hall–Kier alpha value is -0.840. The Bertz CT molecular complexity index is 2140. The molecule has 2 aliphatic rings. The molecule has 4 rings (SSSR count). The molecule has 0 radical (unpaired) electrons. The van der Waals surface area contributed by atoms with Crippen LogP contribution in [0.3, 0.4) is 0 Å². The minimum atomic E-state index is -5.80. The van der Waals surface area contributed by atoms with Crippen molar-refractivity contribution in [3.63, 3.8) is 0 Å². The third kappa shape index (κ3) is 8.96. The van der Waals surface area contributed by atoms with Crippen LogP contribution in [0, 0.1) is 0 Å². The van der Waals surface area contributed by atoms with Crippen LogP contribution in [-0.2, 0) is 29.4 Å². The van der Waals surface area contributed by atoms with Crippen molar-refractivity contribution >= 4 is 80.6 Å². The minimum absolute atomic E-state index is 0. The van der Waals surface area contributed by atoms with E-state index in [0.29, 0.717) is 12.2 Å². The minimum Gasteiger partial charge on any atom is -0.746 e. The molecule has 26 heteroatoms. The topological polar surface area (TPSA) is 319 Å². The molecule has 2 unspecified atom stereocenters.